The maximum absolute atomic E-state index is 13.0. The largest absolute Gasteiger partial charge is 0.326 e. The molecule has 1 saturated heterocycles. The molecule has 148 valence electrons. The number of hydrogen-bond donors (Lipinski definition) is 1. The van der Waals surface area contributed by atoms with Crippen LogP contribution in [0.3, 0.4) is 0 Å². The summed E-state index contributed by atoms with van der Waals surface area (Å²) in [6, 6.07) is 19.0. The number of nitrogens with zero attached hydrogens (tertiary/aromatic N) is 3. The van der Waals surface area contributed by atoms with Gasteiger partial charge in [0.2, 0.25) is 5.91 Å². The number of hydrogen-bond acceptors (Lipinski definition) is 3. The van der Waals surface area contributed by atoms with Crippen LogP contribution >= 0.6 is 0 Å². The number of piperidine rings is 1. The molecule has 0 spiro atoms. The second-order valence-electron chi connectivity index (χ2n) is 8.16. The highest BCUT2D eigenvalue weighted by Crippen LogP contribution is 2.29. The molecule has 1 aliphatic carbocycles. The molecular weight excluding hydrogens is 360 g/mol. The Morgan fingerprint density at radius 1 is 1.03 bits per heavy atom. The summed E-state index contributed by atoms with van der Waals surface area (Å²) in [6.07, 6.45) is 7.91. The normalized spacial score (nSPS) is 19.8. The molecule has 2 aromatic carbocycles. The fraction of sp³-hybridized carbons (Fsp3) is 0.333. The van der Waals surface area contributed by atoms with Crippen LogP contribution < -0.4 is 5.32 Å². The molecule has 5 heteroatoms. The standard InChI is InChI=1S/C24H26N4O/c29-24(26-21-9-3-10-22(16-21)28-13-5-11-25-28)20-8-4-12-27(17-20)23-14-18-6-1-2-7-19(18)15-23/h1-3,5-7,9-11,13,16,20,23H,4,8,12,14-15,17H2,(H,26,29)/t20-/m0/s1. The number of aromatic nitrogens is 2. The number of carbonyl (C=O) groups excluding carboxylic acids is 1. The Hall–Kier alpha value is -2.92. The van der Waals surface area contributed by atoms with Crippen molar-refractivity contribution in [2.45, 2.75) is 31.7 Å². The quantitative estimate of drug-likeness (QED) is 0.744. The third kappa shape index (κ3) is 3.83. The van der Waals surface area contributed by atoms with E-state index in [1.807, 2.05) is 36.5 Å². The number of rotatable bonds is 4. The van der Waals surface area contributed by atoms with E-state index in [4.69, 9.17) is 0 Å². The number of benzene rings is 2. The van der Waals surface area contributed by atoms with Gasteiger partial charge in [-0.3, -0.25) is 9.69 Å². The Morgan fingerprint density at radius 3 is 2.62 bits per heavy atom. The molecule has 1 fully saturated rings. The predicted octanol–water partition coefficient (Wildman–Crippen LogP) is 3.69. The summed E-state index contributed by atoms with van der Waals surface area (Å²) in [5, 5.41) is 7.40. The lowest BCUT2D eigenvalue weighted by Gasteiger charge is -2.36. The first-order valence-electron chi connectivity index (χ1n) is 10.5. The summed E-state index contributed by atoms with van der Waals surface area (Å²) in [7, 11) is 0. The maximum atomic E-state index is 13.0. The zero-order valence-electron chi connectivity index (χ0n) is 16.5. The second-order valence-corrected chi connectivity index (χ2v) is 8.16. The van der Waals surface area contributed by atoms with Crippen LogP contribution in [-0.4, -0.2) is 39.7 Å². The molecule has 5 nitrogen and oxygen atoms in total. The molecule has 0 bridgehead atoms. The lowest BCUT2D eigenvalue weighted by atomic mass is 9.95. The van der Waals surface area contributed by atoms with Gasteiger partial charge < -0.3 is 5.32 Å². The Morgan fingerprint density at radius 2 is 1.86 bits per heavy atom. The van der Waals surface area contributed by atoms with Crippen LogP contribution in [0.25, 0.3) is 5.69 Å². The Kier molecular flexibility index (Phi) is 4.90. The van der Waals surface area contributed by atoms with Gasteiger partial charge in [-0.2, -0.15) is 5.10 Å². The first-order valence-corrected chi connectivity index (χ1v) is 10.5. The molecule has 29 heavy (non-hydrogen) atoms. The molecule has 5 rings (SSSR count). The number of likely N-dealkylation sites (tertiary alicyclic amines) is 1. The molecule has 1 N–H and O–H groups in total. The van der Waals surface area contributed by atoms with E-state index in [-0.39, 0.29) is 11.8 Å². The lowest BCUT2D eigenvalue weighted by Crippen LogP contribution is -2.46. The topological polar surface area (TPSA) is 50.2 Å². The molecule has 2 heterocycles. The average molecular weight is 386 g/mol. The summed E-state index contributed by atoms with van der Waals surface area (Å²) < 4.78 is 1.80. The van der Waals surface area contributed by atoms with E-state index < -0.39 is 0 Å². The first-order chi connectivity index (χ1) is 14.3. The van der Waals surface area contributed by atoms with Crippen LogP contribution in [0.5, 0.6) is 0 Å². The monoisotopic (exact) mass is 386 g/mol. The number of carbonyl (C=O) groups is 1. The predicted molar refractivity (Wildman–Crippen MR) is 114 cm³/mol. The van der Waals surface area contributed by atoms with Crippen molar-refractivity contribution in [3.8, 4) is 5.69 Å². The molecule has 2 aliphatic rings. The Labute approximate surface area is 171 Å². The SMILES string of the molecule is O=C(Nc1cccc(-n2cccn2)c1)[C@H]1CCCN(C2Cc3ccccc3C2)C1. The minimum absolute atomic E-state index is 0.0424. The number of amides is 1. The Bertz CT molecular complexity index is 973. The van der Waals surface area contributed by atoms with Crippen LogP contribution in [0, 0.1) is 5.92 Å². The first kappa shape index (κ1) is 18.1. The van der Waals surface area contributed by atoms with E-state index in [0.29, 0.717) is 6.04 Å². The van der Waals surface area contributed by atoms with Gasteiger partial charge in [0.1, 0.15) is 0 Å². The van der Waals surface area contributed by atoms with E-state index in [1.165, 1.54) is 11.1 Å². The van der Waals surface area contributed by atoms with E-state index in [1.54, 1.807) is 10.9 Å². The van der Waals surface area contributed by atoms with Crippen molar-refractivity contribution < 1.29 is 4.79 Å². The summed E-state index contributed by atoms with van der Waals surface area (Å²) in [5.74, 6) is 0.170. The van der Waals surface area contributed by atoms with Crippen LogP contribution in [0.15, 0.2) is 67.0 Å². The highest BCUT2D eigenvalue weighted by Gasteiger charge is 2.32. The van der Waals surface area contributed by atoms with Crippen molar-refractivity contribution in [3.63, 3.8) is 0 Å². The van der Waals surface area contributed by atoms with Gasteiger partial charge in [0, 0.05) is 30.7 Å². The number of nitrogens with one attached hydrogen (secondary N) is 1. The third-order valence-electron chi connectivity index (χ3n) is 6.25. The van der Waals surface area contributed by atoms with E-state index >= 15 is 0 Å². The Balaban J connectivity index is 1.23. The smallest absolute Gasteiger partial charge is 0.228 e. The molecule has 1 aromatic heterocycles. The van der Waals surface area contributed by atoms with Crippen molar-refractivity contribution in [3.05, 3.63) is 78.1 Å². The van der Waals surface area contributed by atoms with Gasteiger partial charge in [-0.15, -0.1) is 0 Å². The summed E-state index contributed by atoms with van der Waals surface area (Å²) >= 11 is 0. The van der Waals surface area contributed by atoms with Crippen LogP contribution in [-0.2, 0) is 17.6 Å². The minimum atomic E-state index is 0.0424. The third-order valence-corrected chi connectivity index (χ3v) is 6.25. The van der Waals surface area contributed by atoms with Crippen molar-refractivity contribution in [1.82, 2.24) is 14.7 Å². The van der Waals surface area contributed by atoms with E-state index in [0.717, 1.165) is 50.1 Å². The summed E-state index contributed by atoms with van der Waals surface area (Å²) in [4.78, 5) is 15.5. The lowest BCUT2D eigenvalue weighted by molar-refractivity contribution is -0.121. The molecule has 0 unspecified atom stereocenters. The van der Waals surface area contributed by atoms with Gasteiger partial charge in [0.15, 0.2) is 0 Å². The molecule has 1 aliphatic heterocycles. The second kappa shape index (κ2) is 7.84. The van der Waals surface area contributed by atoms with Crippen molar-refractivity contribution in [1.29, 1.82) is 0 Å². The van der Waals surface area contributed by atoms with Crippen molar-refractivity contribution >= 4 is 11.6 Å². The molecular formula is C24H26N4O. The van der Waals surface area contributed by atoms with Crippen LogP contribution in [0.1, 0.15) is 24.0 Å². The summed E-state index contributed by atoms with van der Waals surface area (Å²) in [6.45, 7) is 1.94. The fourth-order valence-electron chi connectivity index (χ4n) is 4.74. The summed E-state index contributed by atoms with van der Waals surface area (Å²) in [5.41, 5.74) is 4.72. The minimum Gasteiger partial charge on any atom is -0.326 e. The zero-order valence-corrected chi connectivity index (χ0v) is 16.5. The van der Waals surface area contributed by atoms with Gasteiger partial charge in [0.25, 0.3) is 0 Å². The molecule has 3 aromatic rings. The van der Waals surface area contributed by atoms with Crippen LogP contribution in [0.2, 0.25) is 0 Å². The highest BCUT2D eigenvalue weighted by atomic mass is 16.1. The molecule has 0 radical (unpaired) electrons. The van der Waals surface area contributed by atoms with Crippen molar-refractivity contribution in [2.75, 3.05) is 18.4 Å². The number of anilines is 1. The number of fused-ring (bicyclic) bond motifs is 1. The van der Waals surface area contributed by atoms with Crippen LogP contribution in [0.4, 0.5) is 5.69 Å². The molecule has 0 saturated carbocycles. The van der Waals surface area contributed by atoms with E-state index in [2.05, 4.69) is 39.6 Å². The highest BCUT2D eigenvalue weighted by molar-refractivity contribution is 5.93. The van der Waals surface area contributed by atoms with E-state index in [9.17, 15) is 4.79 Å². The molecule has 1 amide bonds. The van der Waals surface area contributed by atoms with Gasteiger partial charge in [-0.05, 0) is 67.6 Å². The van der Waals surface area contributed by atoms with Gasteiger partial charge >= 0.3 is 0 Å². The van der Waals surface area contributed by atoms with Gasteiger partial charge in [0.05, 0.1) is 11.6 Å². The maximum Gasteiger partial charge on any atom is 0.228 e. The van der Waals surface area contributed by atoms with Gasteiger partial charge in [-0.25, -0.2) is 4.68 Å². The zero-order chi connectivity index (χ0) is 19.6. The van der Waals surface area contributed by atoms with Gasteiger partial charge in [-0.1, -0.05) is 30.3 Å². The fourth-order valence-corrected chi connectivity index (χ4v) is 4.74. The average Bonchev–Trinajstić information content (AvgIpc) is 3.44. The van der Waals surface area contributed by atoms with Crippen molar-refractivity contribution in [2.24, 2.45) is 5.92 Å². The molecule has 1 atom stereocenters.